The van der Waals surface area contributed by atoms with Gasteiger partial charge in [-0.1, -0.05) is 91.2 Å². The summed E-state index contributed by atoms with van der Waals surface area (Å²) < 4.78 is 35.5. The molecule has 10 heteroatoms. The van der Waals surface area contributed by atoms with Gasteiger partial charge < -0.3 is 15.0 Å². The second-order valence-corrected chi connectivity index (χ2v) is 14.2. The van der Waals surface area contributed by atoms with Gasteiger partial charge in [-0.2, -0.15) is 0 Å². The molecule has 4 rings (SSSR count). The highest BCUT2D eigenvalue weighted by Gasteiger charge is 2.34. The first-order chi connectivity index (χ1) is 22.5. The van der Waals surface area contributed by atoms with Gasteiger partial charge in [-0.25, -0.2) is 8.42 Å². The number of carbonyl (C=O) groups is 2. The molecule has 4 aromatic rings. The molecule has 0 heterocycles. The molecule has 8 nitrogen and oxygen atoms in total. The zero-order valence-electron chi connectivity index (χ0n) is 27.3. The molecular formula is C37H42BrN3O5S. The van der Waals surface area contributed by atoms with E-state index in [9.17, 15) is 18.0 Å². The summed E-state index contributed by atoms with van der Waals surface area (Å²) in [5, 5.41) is 3.02. The van der Waals surface area contributed by atoms with Gasteiger partial charge in [0.1, 0.15) is 18.3 Å². The maximum atomic E-state index is 14.6. The van der Waals surface area contributed by atoms with Crippen molar-refractivity contribution in [1.82, 2.24) is 10.2 Å². The van der Waals surface area contributed by atoms with Crippen LogP contribution in [0.3, 0.4) is 0 Å². The number of hydrogen-bond acceptors (Lipinski definition) is 5. The first-order valence-electron chi connectivity index (χ1n) is 15.6. The smallest absolute Gasteiger partial charge is 0.264 e. The van der Waals surface area contributed by atoms with Gasteiger partial charge >= 0.3 is 0 Å². The van der Waals surface area contributed by atoms with Gasteiger partial charge in [0.25, 0.3) is 10.0 Å². The summed E-state index contributed by atoms with van der Waals surface area (Å²) in [6.07, 6.45) is 1.96. The fourth-order valence-electron chi connectivity index (χ4n) is 5.12. The lowest BCUT2D eigenvalue weighted by Gasteiger charge is -2.34. The molecule has 0 bridgehead atoms. The molecule has 0 aliphatic rings. The van der Waals surface area contributed by atoms with Crippen LogP contribution in [0.4, 0.5) is 5.69 Å². The third-order valence-electron chi connectivity index (χ3n) is 7.89. The minimum absolute atomic E-state index is 0.0122. The lowest BCUT2D eigenvalue weighted by molar-refractivity contribution is -0.140. The highest BCUT2D eigenvalue weighted by molar-refractivity contribution is 9.10. The quantitative estimate of drug-likeness (QED) is 0.136. The molecule has 0 unspecified atom stereocenters. The molecule has 1 N–H and O–H groups in total. The Hall–Kier alpha value is -4.15. The molecular weight excluding hydrogens is 678 g/mol. The van der Waals surface area contributed by atoms with Gasteiger partial charge in [-0.3, -0.25) is 13.9 Å². The van der Waals surface area contributed by atoms with Crippen LogP contribution in [0, 0.1) is 13.8 Å². The van der Waals surface area contributed by atoms with E-state index < -0.39 is 28.5 Å². The Balaban J connectivity index is 1.79. The molecule has 0 aromatic heterocycles. The number of anilines is 1. The number of hydrogen-bond donors (Lipinski definition) is 1. The number of halogens is 1. The molecule has 0 saturated carbocycles. The largest absolute Gasteiger partial charge is 0.496 e. The predicted molar refractivity (Wildman–Crippen MR) is 190 cm³/mol. The lowest BCUT2D eigenvalue weighted by atomic mass is 10.0. The van der Waals surface area contributed by atoms with Crippen LogP contribution in [0.25, 0.3) is 0 Å². The Morgan fingerprint density at radius 2 is 1.51 bits per heavy atom. The highest BCUT2D eigenvalue weighted by Crippen LogP contribution is 2.31. The Morgan fingerprint density at radius 3 is 2.11 bits per heavy atom. The minimum Gasteiger partial charge on any atom is -0.496 e. The van der Waals surface area contributed by atoms with E-state index in [2.05, 4.69) is 21.2 Å². The Bertz CT molecular complexity index is 1750. The minimum atomic E-state index is -4.24. The SMILES string of the molecule is CCCCNC(=O)[C@H](Cc1ccccc1)N(Cc1ccc(C)cc1)C(=O)CN(c1ccc(C)cc1)S(=O)(=O)c1ccc(OC)c(Br)c1. The third-order valence-corrected chi connectivity index (χ3v) is 10.3. The van der Waals surface area contributed by atoms with Gasteiger partial charge in [0, 0.05) is 19.5 Å². The van der Waals surface area contributed by atoms with Crippen LogP contribution in [0.5, 0.6) is 5.75 Å². The van der Waals surface area contributed by atoms with E-state index in [1.165, 1.54) is 24.1 Å². The van der Waals surface area contributed by atoms with Crippen molar-refractivity contribution in [3.8, 4) is 5.75 Å². The Morgan fingerprint density at radius 1 is 0.872 bits per heavy atom. The van der Waals surface area contributed by atoms with Crippen LogP contribution in [0.15, 0.2) is 106 Å². The number of carbonyl (C=O) groups excluding carboxylic acids is 2. The van der Waals surface area contributed by atoms with Gasteiger partial charge in [0.05, 0.1) is 22.2 Å². The summed E-state index contributed by atoms with van der Waals surface area (Å²) in [5.74, 6) is -0.315. The van der Waals surface area contributed by atoms with Gasteiger partial charge in [-0.05, 0) is 77.7 Å². The maximum Gasteiger partial charge on any atom is 0.264 e. The van der Waals surface area contributed by atoms with Crippen molar-refractivity contribution in [2.75, 3.05) is 24.5 Å². The van der Waals surface area contributed by atoms with E-state index in [0.29, 0.717) is 22.5 Å². The van der Waals surface area contributed by atoms with Crippen LogP contribution in [-0.2, 0) is 32.6 Å². The molecule has 0 aliphatic heterocycles. The highest BCUT2D eigenvalue weighted by atomic mass is 79.9. The van der Waals surface area contributed by atoms with E-state index in [-0.39, 0.29) is 23.8 Å². The maximum absolute atomic E-state index is 14.6. The topological polar surface area (TPSA) is 96.0 Å². The lowest BCUT2D eigenvalue weighted by Crippen LogP contribution is -2.53. The van der Waals surface area contributed by atoms with Crippen LogP contribution < -0.4 is 14.4 Å². The number of methoxy groups -OCH3 is 1. The average molecular weight is 721 g/mol. The molecule has 248 valence electrons. The molecule has 0 fully saturated rings. The first-order valence-corrected chi connectivity index (χ1v) is 17.9. The number of unbranched alkanes of at least 4 members (excludes halogenated alkanes) is 1. The Labute approximate surface area is 286 Å². The van der Waals surface area contributed by atoms with Crippen molar-refractivity contribution in [1.29, 1.82) is 0 Å². The van der Waals surface area contributed by atoms with Crippen molar-refractivity contribution in [2.24, 2.45) is 0 Å². The monoisotopic (exact) mass is 719 g/mol. The number of nitrogens with one attached hydrogen (secondary N) is 1. The van der Waals surface area contributed by atoms with Crippen molar-refractivity contribution in [3.63, 3.8) is 0 Å². The summed E-state index contributed by atoms with van der Waals surface area (Å²) in [6, 6.07) is 27.8. The number of amides is 2. The zero-order valence-corrected chi connectivity index (χ0v) is 29.7. The van der Waals surface area contributed by atoms with Gasteiger partial charge in [0.2, 0.25) is 11.8 Å². The normalized spacial score (nSPS) is 11.9. The third kappa shape index (κ3) is 9.45. The number of nitrogens with zero attached hydrogens (tertiary/aromatic N) is 2. The summed E-state index contributed by atoms with van der Waals surface area (Å²) >= 11 is 3.40. The molecule has 2 amide bonds. The van der Waals surface area contributed by atoms with Crippen LogP contribution in [-0.4, -0.2) is 51.4 Å². The van der Waals surface area contributed by atoms with E-state index >= 15 is 0 Å². The number of ether oxygens (including phenoxy) is 1. The first kappa shape index (κ1) is 35.7. The molecule has 0 spiro atoms. The van der Waals surface area contributed by atoms with E-state index in [1.807, 2.05) is 75.4 Å². The second-order valence-electron chi connectivity index (χ2n) is 11.5. The molecule has 0 saturated heterocycles. The second kappa shape index (κ2) is 16.6. The van der Waals surface area contributed by atoms with Gasteiger partial charge in [0.15, 0.2) is 0 Å². The number of rotatable bonds is 15. The van der Waals surface area contributed by atoms with E-state index in [0.717, 1.165) is 39.4 Å². The molecule has 0 aliphatic carbocycles. The van der Waals surface area contributed by atoms with Crippen LogP contribution in [0.1, 0.15) is 42.0 Å². The average Bonchev–Trinajstić information content (AvgIpc) is 3.07. The predicted octanol–water partition coefficient (Wildman–Crippen LogP) is 6.83. The zero-order chi connectivity index (χ0) is 34.0. The fourth-order valence-corrected chi connectivity index (χ4v) is 7.26. The molecule has 0 radical (unpaired) electrons. The number of sulfonamides is 1. The summed E-state index contributed by atoms with van der Waals surface area (Å²) in [5.41, 5.74) is 4.05. The molecule has 4 aromatic carbocycles. The van der Waals surface area contributed by atoms with Crippen LogP contribution in [0.2, 0.25) is 0 Å². The summed E-state index contributed by atoms with van der Waals surface area (Å²) in [4.78, 5) is 30.0. The van der Waals surface area contributed by atoms with Crippen molar-refractivity contribution >= 4 is 43.5 Å². The standard InChI is InChI=1S/C37H42BrN3O5S/c1-5-6-22-39-37(43)34(23-29-10-8-7-9-11-29)40(25-30-16-12-27(2)13-17-30)36(42)26-41(31-18-14-28(3)15-19-31)47(44,45)32-20-21-35(46-4)33(38)24-32/h7-21,24,34H,5-6,22-23,25-26H2,1-4H3,(H,39,43)/t34-/m0/s1. The summed E-state index contributed by atoms with van der Waals surface area (Å²) in [7, 11) is -2.75. The Kier molecular flexibility index (Phi) is 12.6. The fraction of sp³-hybridized carbons (Fsp3) is 0.297. The van der Waals surface area contributed by atoms with E-state index in [4.69, 9.17) is 4.74 Å². The number of aryl methyl sites for hydroxylation is 2. The number of benzene rings is 4. The van der Waals surface area contributed by atoms with Crippen LogP contribution >= 0.6 is 15.9 Å². The van der Waals surface area contributed by atoms with Crippen molar-refractivity contribution in [3.05, 3.63) is 124 Å². The molecule has 1 atom stereocenters. The molecule has 47 heavy (non-hydrogen) atoms. The summed E-state index contributed by atoms with van der Waals surface area (Å²) in [6.45, 7) is 6.00. The van der Waals surface area contributed by atoms with Crippen molar-refractivity contribution in [2.45, 2.75) is 57.5 Å². The van der Waals surface area contributed by atoms with Gasteiger partial charge in [-0.15, -0.1) is 0 Å². The van der Waals surface area contributed by atoms with E-state index in [1.54, 1.807) is 30.3 Å². The van der Waals surface area contributed by atoms with Crippen molar-refractivity contribution < 1.29 is 22.7 Å².